The summed E-state index contributed by atoms with van der Waals surface area (Å²) in [5.74, 6) is 0.0159. The Balaban J connectivity index is 2.48. The van der Waals surface area contributed by atoms with Gasteiger partial charge in [-0.05, 0) is 11.6 Å². The minimum Gasteiger partial charge on any atom is -0.467 e. The summed E-state index contributed by atoms with van der Waals surface area (Å²) in [6.07, 6.45) is 6.06. The third-order valence-corrected chi connectivity index (χ3v) is 3.91. The summed E-state index contributed by atoms with van der Waals surface area (Å²) in [6.45, 7) is 8.30. The van der Waals surface area contributed by atoms with Crippen molar-refractivity contribution in [3.05, 3.63) is 36.1 Å². The highest BCUT2D eigenvalue weighted by atomic mass is 16.5. The maximum absolute atomic E-state index is 11.9. The lowest BCUT2D eigenvalue weighted by Crippen LogP contribution is -2.42. The molecule has 3 heteroatoms. The van der Waals surface area contributed by atoms with Crippen LogP contribution in [-0.4, -0.2) is 31.1 Å². The molecule has 92 valence electrons. The molecule has 2 rings (SSSR count). The van der Waals surface area contributed by atoms with Gasteiger partial charge in [0.1, 0.15) is 6.04 Å². The molecule has 2 aliphatic rings. The minimum atomic E-state index is -0.250. The fourth-order valence-electron chi connectivity index (χ4n) is 3.21. The van der Waals surface area contributed by atoms with Crippen molar-refractivity contribution in [3.8, 4) is 0 Å². The summed E-state index contributed by atoms with van der Waals surface area (Å²) in [5.41, 5.74) is 2.01. The van der Waals surface area contributed by atoms with Crippen LogP contribution in [0.25, 0.3) is 0 Å². The first-order valence-electron chi connectivity index (χ1n) is 5.79. The van der Waals surface area contributed by atoms with Crippen molar-refractivity contribution in [3.63, 3.8) is 0 Å². The van der Waals surface area contributed by atoms with Crippen molar-refractivity contribution in [1.29, 1.82) is 0 Å². The highest BCUT2D eigenvalue weighted by molar-refractivity contribution is 5.78. The lowest BCUT2D eigenvalue weighted by Gasteiger charge is -2.31. The van der Waals surface area contributed by atoms with E-state index < -0.39 is 0 Å². The second-order valence-electron chi connectivity index (χ2n) is 5.32. The average Bonchev–Trinajstić information content (AvgIpc) is 2.47. The van der Waals surface area contributed by atoms with Gasteiger partial charge in [-0.25, -0.2) is 4.79 Å². The minimum absolute atomic E-state index is 0.180. The molecule has 0 aromatic carbocycles. The van der Waals surface area contributed by atoms with Crippen molar-refractivity contribution in [1.82, 2.24) is 4.90 Å². The Morgan fingerprint density at radius 3 is 2.71 bits per heavy atom. The zero-order valence-corrected chi connectivity index (χ0v) is 10.9. The van der Waals surface area contributed by atoms with E-state index in [2.05, 4.69) is 26.5 Å². The van der Waals surface area contributed by atoms with E-state index in [0.717, 1.165) is 11.3 Å². The number of likely N-dealkylation sites (N-methyl/N-ethyl adjacent to an activating group) is 1. The van der Waals surface area contributed by atoms with Gasteiger partial charge in [-0.2, -0.15) is 0 Å². The number of hydrogen-bond acceptors (Lipinski definition) is 3. The molecule has 1 fully saturated rings. The molecular formula is C14H19NO2. The van der Waals surface area contributed by atoms with Gasteiger partial charge in [0, 0.05) is 24.1 Å². The molecule has 1 heterocycles. The molecule has 3 nitrogen and oxygen atoms in total. The van der Waals surface area contributed by atoms with E-state index in [0.29, 0.717) is 0 Å². The predicted octanol–water partition coefficient (Wildman–Crippen LogP) is 2.13. The second-order valence-corrected chi connectivity index (χ2v) is 5.32. The molecular weight excluding hydrogens is 214 g/mol. The highest BCUT2D eigenvalue weighted by Crippen LogP contribution is 2.51. The fraction of sp³-hybridized carbons (Fsp3) is 0.500. The number of hydrogen-bond donors (Lipinski definition) is 0. The van der Waals surface area contributed by atoms with Gasteiger partial charge >= 0.3 is 5.97 Å². The molecule has 0 aromatic heterocycles. The number of allylic oxidation sites excluding steroid dienone is 4. The number of esters is 1. The van der Waals surface area contributed by atoms with E-state index in [-0.39, 0.29) is 23.3 Å². The van der Waals surface area contributed by atoms with E-state index in [4.69, 9.17) is 4.74 Å². The van der Waals surface area contributed by atoms with Crippen LogP contribution in [0.5, 0.6) is 0 Å². The number of nitrogens with zero attached hydrogens (tertiary/aromatic N) is 1. The van der Waals surface area contributed by atoms with E-state index in [1.54, 1.807) is 0 Å². The van der Waals surface area contributed by atoms with Crippen molar-refractivity contribution in [2.24, 2.45) is 11.3 Å². The first-order valence-corrected chi connectivity index (χ1v) is 5.79. The van der Waals surface area contributed by atoms with Gasteiger partial charge in [-0.3, -0.25) is 0 Å². The summed E-state index contributed by atoms with van der Waals surface area (Å²) in [6, 6.07) is -0.250. The second kappa shape index (κ2) is 3.76. The van der Waals surface area contributed by atoms with E-state index in [1.807, 2.05) is 24.1 Å². The molecule has 1 saturated heterocycles. The summed E-state index contributed by atoms with van der Waals surface area (Å²) < 4.78 is 4.92. The van der Waals surface area contributed by atoms with Crippen LogP contribution in [0.4, 0.5) is 0 Å². The summed E-state index contributed by atoms with van der Waals surface area (Å²) >= 11 is 0. The van der Waals surface area contributed by atoms with Gasteiger partial charge in [0.2, 0.25) is 0 Å². The smallest absolute Gasteiger partial charge is 0.329 e. The topological polar surface area (TPSA) is 29.5 Å². The Bertz CT molecular complexity index is 432. The molecule has 0 saturated carbocycles. The van der Waals surface area contributed by atoms with Crippen molar-refractivity contribution < 1.29 is 9.53 Å². The van der Waals surface area contributed by atoms with Crippen LogP contribution < -0.4 is 0 Å². The standard InChI is InChI=1S/C14H19NO2/c1-9-7-6-8-10-11(9)14(2,3)12(15(10)4)13(16)17-5/h6-8,11-12H,1H2,2-5H3. The van der Waals surface area contributed by atoms with Gasteiger partial charge in [-0.15, -0.1) is 0 Å². The number of carbonyl (C=O) groups excluding carboxylic acids is 1. The van der Waals surface area contributed by atoms with Crippen LogP contribution in [0.15, 0.2) is 36.1 Å². The third-order valence-electron chi connectivity index (χ3n) is 3.91. The van der Waals surface area contributed by atoms with E-state index in [9.17, 15) is 4.79 Å². The number of likely N-dealkylation sites (tertiary alicyclic amines) is 1. The monoisotopic (exact) mass is 233 g/mol. The Kier molecular flexibility index (Phi) is 2.64. The number of carbonyl (C=O) groups is 1. The summed E-state index contributed by atoms with van der Waals surface area (Å²) in [4.78, 5) is 14.0. The van der Waals surface area contributed by atoms with Gasteiger partial charge in [0.25, 0.3) is 0 Å². The molecule has 0 spiro atoms. The normalized spacial score (nSPS) is 30.0. The van der Waals surface area contributed by atoms with Crippen LogP contribution in [0.2, 0.25) is 0 Å². The van der Waals surface area contributed by atoms with E-state index >= 15 is 0 Å². The molecule has 0 aromatic rings. The number of ether oxygens (including phenoxy) is 1. The molecule has 17 heavy (non-hydrogen) atoms. The zero-order valence-electron chi connectivity index (χ0n) is 10.9. The maximum atomic E-state index is 11.9. The third kappa shape index (κ3) is 1.53. The van der Waals surface area contributed by atoms with E-state index in [1.165, 1.54) is 7.11 Å². The first kappa shape index (κ1) is 12.0. The zero-order chi connectivity index (χ0) is 12.8. The Morgan fingerprint density at radius 1 is 1.53 bits per heavy atom. The Morgan fingerprint density at radius 2 is 2.18 bits per heavy atom. The lowest BCUT2D eigenvalue weighted by atomic mass is 9.71. The molecule has 2 atom stereocenters. The molecule has 0 N–H and O–H groups in total. The van der Waals surface area contributed by atoms with Crippen LogP contribution in [0.1, 0.15) is 13.8 Å². The van der Waals surface area contributed by atoms with Crippen molar-refractivity contribution in [2.45, 2.75) is 19.9 Å². The maximum Gasteiger partial charge on any atom is 0.329 e. The van der Waals surface area contributed by atoms with Gasteiger partial charge < -0.3 is 9.64 Å². The lowest BCUT2D eigenvalue weighted by molar-refractivity contribution is -0.148. The summed E-state index contributed by atoms with van der Waals surface area (Å²) in [7, 11) is 3.39. The van der Waals surface area contributed by atoms with Gasteiger partial charge in [0.15, 0.2) is 0 Å². The fourth-order valence-corrected chi connectivity index (χ4v) is 3.21. The number of fused-ring (bicyclic) bond motifs is 1. The molecule has 0 radical (unpaired) electrons. The number of methoxy groups -OCH3 is 1. The Hall–Kier alpha value is -1.51. The molecule has 2 unspecified atom stereocenters. The Labute approximate surface area is 102 Å². The van der Waals surface area contributed by atoms with Crippen LogP contribution in [-0.2, 0) is 9.53 Å². The quantitative estimate of drug-likeness (QED) is 0.650. The van der Waals surface area contributed by atoms with Crippen molar-refractivity contribution >= 4 is 5.97 Å². The van der Waals surface area contributed by atoms with Gasteiger partial charge in [-0.1, -0.05) is 32.6 Å². The molecule has 0 amide bonds. The van der Waals surface area contributed by atoms with Crippen LogP contribution in [0, 0.1) is 11.3 Å². The SMILES string of the molecule is C=C1C=CC=C2C1C(C)(C)C(C(=O)OC)N2C. The largest absolute Gasteiger partial charge is 0.467 e. The summed E-state index contributed by atoms with van der Waals surface area (Å²) in [5, 5.41) is 0. The molecule has 1 aliphatic carbocycles. The van der Waals surface area contributed by atoms with Crippen LogP contribution >= 0.6 is 0 Å². The average molecular weight is 233 g/mol. The van der Waals surface area contributed by atoms with Crippen LogP contribution in [0.3, 0.4) is 0 Å². The predicted molar refractivity (Wildman–Crippen MR) is 67.2 cm³/mol. The van der Waals surface area contributed by atoms with Gasteiger partial charge in [0.05, 0.1) is 7.11 Å². The number of rotatable bonds is 1. The molecule has 1 aliphatic heterocycles. The molecule has 0 bridgehead atoms. The first-order chi connectivity index (χ1) is 7.91. The van der Waals surface area contributed by atoms with Crippen molar-refractivity contribution in [2.75, 3.05) is 14.2 Å². The highest BCUT2D eigenvalue weighted by Gasteiger charge is 2.54.